The summed E-state index contributed by atoms with van der Waals surface area (Å²) >= 11 is 0. The topological polar surface area (TPSA) is 26.0 Å². The molecule has 1 fully saturated rings. The van der Waals surface area contributed by atoms with E-state index in [2.05, 4.69) is 6.92 Å². The van der Waals surface area contributed by atoms with E-state index in [0.717, 1.165) is 37.2 Å². The van der Waals surface area contributed by atoms with Crippen LogP contribution in [0.5, 0.6) is 0 Å². The smallest absolute Gasteiger partial charge is 0.123 e. The Morgan fingerprint density at radius 3 is 2.60 bits per heavy atom. The normalized spacial score (nSPS) is 31.5. The van der Waals surface area contributed by atoms with Crippen LogP contribution in [0.25, 0.3) is 0 Å². The quantitative estimate of drug-likeness (QED) is 0.752. The SMILES string of the molecule is CC1CCC(N)(c2cccc(F)c2)CC1. The molecule has 2 rings (SSSR count). The summed E-state index contributed by atoms with van der Waals surface area (Å²) in [7, 11) is 0. The van der Waals surface area contributed by atoms with Crippen molar-refractivity contribution in [3.05, 3.63) is 35.6 Å². The highest BCUT2D eigenvalue weighted by Gasteiger charge is 2.31. The summed E-state index contributed by atoms with van der Waals surface area (Å²) in [6.07, 6.45) is 4.23. The van der Waals surface area contributed by atoms with Crippen LogP contribution in [-0.2, 0) is 5.54 Å². The average Bonchev–Trinajstić information content (AvgIpc) is 2.23. The highest BCUT2D eigenvalue weighted by atomic mass is 19.1. The van der Waals surface area contributed by atoms with Gasteiger partial charge in [-0.25, -0.2) is 4.39 Å². The predicted molar refractivity (Wildman–Crippen MR) is 59.9 cm³/mol. The van der Waals surface area contributed by atoms with E-state index in [-0.39, 0.29) is 11.4 Å². The van der Waals surface area contributed by atoms with Gasteiger partial charge < -0.3 is 5.73 Å². The van der Waals surface area contributed by atoms with E-state index in [0.29, 0.717) is 0 Å². The molecule has 0 aliphatic heterocycles. The zero-order valence-electron chi connectivity index (χ0n) is 9.17. The van der Waals surface area contributed by atoms with E-state index in [4.69, 9.17) is 5.73 Å². The molecule has 1 aliphatic carbocycles. The average molecular weight is 207 g/mol. The standard InChI is InChI=1S/C13H18FN/c1-10-5-7-13(15,8-6-10)11-3-2-4-12(14)9-11/h2-4,9-10H,5-8,15H2,1H3. The van der Waals surface area contributed by atoms with Crippen molar-refractivity contribution < 1.29 is 4.39 Å². The van der Waals surface area contributed by atoms with E-state index < -0.39 is 0 Å². The number of halogens is 1. The van der Waals surface area contributed by atoms with Gasteiger partial charge in [0.05, 0.1) is 0 Å². The summed E-state index contributed by atoms with van der Waals surface area (Å²) in [5, 5.41) is 0. The summed E-state index contributed by atoms with van der Waals surface area (Å²) in [6.45, 7) is 2.26. The van der Waals surface area contributed by atoms with Crippen LogP contribution in [0.2, 0.25) is 0 Å². The fourth-order valence-electron chi connectivity index (χ4n) is 2.36. The Labute approximate surface area is 90.5 Å². The molecular formula is C13H18FN. The molecule has 0 unspecified atom stereocenters. The van der Waals surface area contributed by atoms with Crippen molar-refractivity contribution >= 4 is 0 Å². The summed E-state index contributed by atoms with van der Waals surface area (Å²) in [5.74, 6) is 0.575. The second-order valence-electron chi connectivity index (χ2n) is 4.85. The molecule has 15 heavy (non-hydrogen) atoms. The van der Waals surface area contributed by atoms with Gasteiger partial charge in [0.25, 0.3) is 0 Å². The molecule has 0 atom stereocenters. The van der Waals surface area contributed by atoms with Crippen LogP contribution < -0.4 is 5.73 Å². The first-order chi connectivity index (χ1) is 7.10. The minimum Gasteiger partial charge on any atom is -0.321 e. The predicted octanol–water partition coefficient (Wildman–Crippen LogP) is 3.19. The zero-order chi connectivity index (χ0) is 10.9. The first-order valence-corrected chi connectivity index (χ1v) is 5.65. The third-order valence-electron chi connectivity index (χ3n) is 3.57. The second-order valence-corrected chi connectivity index (χ2v) is 4.85. The molecule has 2 heteroatoms. The van der Waals surface area contributed by atoms with E-state index >= 15 is 0 Å². The van der Waals surface area contributed by atoms with Gasteiger partial charge in [0.2, 0.25) is 0 Å². The van der Waals surface area contributed by atoms with Crippen LogP contribution in [0.3, 0.4) is 0 Å². The van der Waals surface area contributed by atoms with Gasteiger partial charge in [-0.3, -0.25) is 0 Å². The van der Waals surface area contributed by atoms with Crippen molar-refractivity contribution in [1.82, 2.24) is 0 Å². The first-order valence-electron chi connectivity index (χ1n) is 5.65. The van der Waals surface area contributed by atoms with Crippen LogP contribution in [-0.4, -0.2) is 0 Å². The Bertz CT molecular complexity index is 340. The van der Waals surface area contributed by atoms with Gasteiger partial charge >= 0.3 is 0 Å². The summed E-state index contributed by atoms with van der Waals surface area (Å²) in [4.78, 5) is 0. The van der Waals surface area contributed by atoms with E-state index in [1.807, 2.05) is 6.07 Å². The van der Waals surface area contributed by atoms with E-state index in [1.54, 1.807) is 12.1 Å². The van der Waals surface area contributed by atoms with Gasteiger partial charge in [0.1, 0.15) is 5.82 Å². The minimum atomic E-state index is -0.297. The lowest BCUT2D eigenvalue weighted by molar-refractivity contribution is 0.247. The molecule has 0 radical (unpaired) electrons. The van der Waals surface area contributed by atoms with Crippen LogP contribution in [0.1, 0.15) is 38.2 Å². The molecule has 0 amide bonds. The molecule has 1 aliphatic rings. The molecule has 0 bridgehead atoms. The van der Waals surface area contributed by atoms with Gasteiger partial charge in [-0.1, -0.05) is 19.1 Å². The fraction of sp³-hybridized carbons (Fsp3) is 0.538. The highest BCUT2D eigenvalue weighted by molar-refractivity contribution is 5.25. The number of hydrogen-bond acceptors (Lipinski definition) is 1. The van der Waals surface area contributed by atoms with Gasteiger partial charge in [0, 0.05) is 5.54 Å². The lowest BCUT2D eigenvalue weighted by Crippen LogP contribution is -2.40. The monoisotopic (exact) mass is 207 g/mol. The lowest BCUT2D eigenvalue weighted by Gasteiger charge is -2.36. The van der Waals surface area contributed by atoms with Crippen molar-refractivity contribution in [3.63, 3.8) is 0 Å². The molecule has 1 aromatic carbocycles. The zero-order valence-corrected chi connectivity index (χ0v) is 9.17. The van der Waals surface area contributed by atoms with Gasteiger partial charge in [-0.2, -0.15) is 0 Å². The lowest BCUT2D eigenvalue weighted by atomic mass is 9.74. The van der Waals surface area contributed by atoms with Crippen molar-refractivity contribution in [2.45, 2.75) is 38.1 Å². The maximum atomic E-state index is 13.1. The highest BCUT2D eigenvalue weighted by Crippen LogP contribution is 2.37. The van der Waals surface area contributed by atoms with Crippen LogP contribution >= 0.6 is 0 Å². The fourth-order valence-corrected chi connectivity index (χ4v) is 2.36. The second kappa shape index (κ2) is 3.93. The largest absolute Gasteiger partial charge is 0.321 e. The van der Waals surface area contributed by atoms with Crippen molar-refractivity contribution in [1.29, 1.82) is 0 Å². The third-order valence-corrected chi connectivity index (χ3v) is 3.57. The maximum absolute atomic E-state index is 13.1. The molecule has 2 N–H and O–H groups in total. The molecule has 82 valence electrons. The minimum absolute atomic E-state index is 0.184. The third kappa shape index (κ3) is 2.20. The molecule has 0 spiro atoms. The van der Waals surface area contributed by atoms with Crippen molar-refractivity contribution in [3.8, 4) is 0 Å². The Morgan fingerprint density at radius 2 is 2.00 bits per heavy atom. The summed E-state index contributed by atoms with van der Waals surface area (Å²) < 4.78 is 13.1. The van der Waals surface area contributed by atoms with E-state index in [9.17, 15) is 4.39 Å². The number of rotatable bonds is 1. The molecule has 1 aromatic rings. The molecule has 0 saturated heterocycles. The molecule has 0 aromatic heterocycles. The van der Waals surface area contributed by atoms with Gasteiger partial charge in [-0.15, -0.1) is 0 Å². The number of benzene rings is 1. The Kier molecular flexibility index (Phi) is 2.79. The Balaban J connectivity index is 2.22. The molecule has 1 saturated carbocycles. The van der Waals surface area contributed by atoms with Crippen LogP contribution in [0, 0.1) is 11.7 Å². The van der Waals surface area contributed by atoms with Crippen molar-refractivity contribution in [2.24, 2.45) is 11.7 Å². The summed E-state index contributed by atoms with van der Waals surface area (Å²) in [5.41, 5.74) is 7.00. The Hall–Kier alpha value is -0.890. The van der Waals surface area contributed by atoms with Crippen LogP contribution in [0.15, 0.2) is 24.3 Å². The molecule has 1 nitrogen and oxygen atoms in total. The van der Waals surface area contributed by atoms with Gasteiger partial charge in [-0.05, 0) is 49.3 Å². The summed E-state index contributed by atoms with van der Waals surface area (Å²) in [6, 6.07) is 6.74. The number of hydrogen-bond donors (Lipinski definition) is 1. The molecular weight excluding hydrogens is 189 g/mol. The van der Waals surface area contributed by atoms with E-state index in [1.165, 1.54) is 6.07 Å². The first kappa shape index (κ1) is 10.6. The molecule has 0 heterocycles. The Morgan fingerprint density at radius 1 is 1.33 bits per heavy atom. The van der Waals surface area contributed by atoms with Gasteiger partial charge in [0.15, 0.2) is 0 Å². The number of nitrogens with two attached hydrogens (primary N) is 1. The van der Waals surface area contributed by atoms with Crippen LogP contribution in [0.4, 0.5) is 4.39 Å². The maximum Gasteiger partial charge on any atom is 0.123 e. The van der Waals surface area contributed by atoms with Crippen molar-refractivity contribution in [2.75, 3.05) is 0 Å².